The van der Waals surface area contributed by atoms with Crippen molar-refractivity contribution >= 4 is 5.52 Å². The number of nitrogens with two attached hydrogens (primary N) is 1. The van der Waals surface area contributed by atoms with Crippen molar-refractivity contribution in [2.75, 3.05) is 0 Å². The van der Waals surface area contributed by atoms with Gasteiger partial charge >= 0.3 is 0 Å². The topological polar surface area (TPSA) is 43.3 Å². The van der Waals surface area contributed by atoms with Crippen LogP contribution in [0.1, 0.15) is 37.2 Å². The van der Waals surface area contributed by atoms with E-state index >= 15 is 0 Å². The predicted octanol–water partition coefficient (Wildman–Crippen LogP) is 2.10. The fourth-order valence-electron chi connectivity index (χ4n) is 2.26. The average molecular weight is 215 g/mol. The maximum atomic E-state index is 5.89. The normalized spacial score (nSPS) is 17.9. The smallest absolute Gasteiger partial charge is 0.116 e. The fourth-order valence-corrected chi connectivity index (χ4v) is 2.26. The van der Waals surface area contributed by atoms with E-state index in [2.05, 4.69) is 27.6 Å². The summed E-state index contributed by atoms with van der Waals surface area (Å²) in [5.74, 6) is 1.91. The molecule has 3 heteroatoms. The van der Waals surface area contributed by atoms with E-state index in [1.54, 1.807) is 0 Å². The van der Waals surface area contributed by atoms with Gasteiger partial charge in [0.1, 0.15) is 5.82 Å². The lowest BCUT2D eigenvalue weighted by atomic mass is 10.1. The molecule has 16 heavy (non-hydrogen) atoms. The van der Waals surface area contributed by atoms with Gasteiger partial charge in [0.15, 0.2) is 0 Å². The van der Waals surface area contributed by atoms with Crippen molar-refractivity contribution in [2.45, 2.75) is 38.1 Å². The zero-order valence-corrected chi connectivity index (χ0v) is 9.56. The quantitative estimate of drug-likeness (QED) is 0.852. The molecule has 84 valence electrons. The van der Waals surface area contributed by atoms with E-state index in [-0.39, 0.29) is 6.04 Å². The Morgan fingerprint density at radius 3 is 3.00 bits per heavy atom. The first-order valence-electron chi connectivity index (χ1n) is 5.96. The van der Waals surface area contributed by atoms with Crippen molar-refractivity contribution in [1.29, 1.82) is 0 Å². The van der Waals surface area contributed by atoms with Gasteiger partial charge in [-0.05, 0) is 31.9 Å². The second-order valence-corrected chi connectivity index (χ2v) is 4.85. The fraction of sp³-hybridized carbons (Fsp3) is 0.462. The highest BCUT2D eigenvalue weighted by atomic mass is 15.0. The van der Waals surface area contributed by atoms with E-state index in [1.165, 1.54) is 29.9 Å². The molecule has 1 fully saturated rings. The number of hydrogen-bond acceptors (Lipinski definition) is 2. The molecular weight excluding hydrogens is 198 g/mol. The summed E-state index contributed by atoms with van der Waals surface area (Å²) in [5.41, 5.74) is 8.37. The minimum absolute atomic E-state index is 0.194. The van der Waals surface area contributed by atoms with Gasteiger partial charge in [-0.15, -0.1) is 0 Å². The lowest BCUT2D eigenvalue weighted by Gasteiger charge is -2.10. The number of hydrogen-bond donors (Lipinski definition) is 1. The Morgan fingerprint density at radius 2 is 2.31 bits per heavy atom. The molecule has 0 bridgehead atoms. The molecule has 0 radical (unpaired) electrons. The minimum atomic E-state index is 0.194. The number of nitrogens with zero attached hydrogens (tertiary/aromatic N) is 2. The van der Waals surface area contributed by atoms with Crippen LogP contribution in [0, 0.1) is 0 Å². The molecule has 1 aliphatic rings. The van der Waals surface area contributed by atoms with Gasteiger partial charge < -0.3 is 10.1 Å². The predicted molar refractivity (Wildman–Crippen MR) is 64.5 cm³/mol. The molecule has 0 amide bonds. The zero-order chi connectivity index (χ0) is 11.1. The van der Waals surface area contributed by atoms with E-state index in [0.717, 1.165) is 6.42 Å². The number of rotatable bonds is 3. The highest BCUT2D eigenvalue weighted by Gasteiger charge is 2.28. The maximum Gasteiger partial charge on any atom is 0.116 e. The molecule has 3 rings (SSSR count). The van der Waals surface area contributed by atoms with Crippen LogP contribution in [-0.4, -0.2) is 15.4 Å². The van der Waals surface area contributed by atoms with E-state index < -0.39 is 0 Å². The molecule has 2 heterocycles. The van der Waals surface area contributed by atoms with E-state index in [4.69, 9.17) is 5.73 Å². The highest BCUT2D eigenvalue weighted by molar-refractivity contribution is 5.48. The van der Waals surface area contributed by atoms with Crippen LogP contribution in [0.15, 0.2) is 24.4 Å². The van der Waals surface area contributed by atoms with Gasteiger partial charge in [0, 0.05) is 24.1 Å². The van der Waals surface area contributed by atoms with Crippen LogP contribution in [0.25, 0.3) is 5.52 Å². The third-order valence-corrected chi connectivity index (χ3v) is 3.13. The van der Waals surface area contributed by atoms with E-state index in [0.29, 0.717) is 5.92 Å². The molecule has 2 aromatic heterocycles. The largest absolute Gasteiger partial charge is 0.328 e. The first-order chi connectivity index (χ1) is 7.75. The highest BCUT2D eigenvalue weighted by Crippen LogP contribution is 2.39. The zero-order valence-electron chi connectivity index (χ0n) is 9.56. The molecule has 2 aromatic rings. The molecular formula is C13H17N3. The van der Waals surface area contributed by atoms with Crippen LogP contribution < -0.4 is 5.73 Å². The molecule has 1 aliphatic carbocycles. The Kier molecular flexibility index (Phi) is 2.21. The summed E-state index contributed by atoms with van der Waals surface area (Å²) >= 11 is 0. The van der Waals surface area contributed by atoms with Crippen molar-refractivity contribution in [3.8, 4) is 0 Å². The second kappa shape index (κ2) is 3.59. The van der Waals surface area contributed by atoms with Crippen molar-refractivity contribution in [3.05, 3.63) is 35.9 Å². The van der Waals surface area contributed by atoms with Crippen molar-refractivity contribution < 1.29 is 0 Å². The lowest BCUT2D eigenvalue weighted by Crippen LogP contribution is -2.19. The van der Waals surface area contributed by atoms with Crippen LogP contribution in [0.5, 0.6) is 0 Å². The van der Waals surface area contributed by atoms with Gasteiger partial charge in [-0.25, -0.2) is 4.98 Å². The van der Waals surface area contributed by atoms with Crippen molar-refractivity contribution in [2.24, 2.45) is 5.73 Å². The molecule has 0 spiro atoms. The third kappa shape index (κ3) is 1.61. The Hall–Kier alpha value is -1.35. The maximum absolute atomic E-state index is 5.89. The van der Waals surface area contributed by atoms with Gasteiger partial charge in [0.05, 0.1) is 11.7 Å². The summed E-state index contributed by atoms with van der Waals surface area (Å²) < 4.78 is 2.29. The summed E-state index contributed by atoms with van der Waals surface area (Å²) in [6, 6.07) is 6.55. The summed E-state index contributed by atoms with van der Waals surface area (Å²) in [6.07, 6.45) is 5.45. The summed E-state index contributed by atoms with van der Waals surface area (Å²) in [4.78, 5) is 4.55. The Balaban J connectivity index is 2.14. The SMILES string of the molecule is CC(N)Cc1cccc2cnc(C3CC3)n12. The number of pyridine rings is 1. The van der Waals surface area contributed by atoms with Gasteiger partial charge in [0.2, 0.25) is 0 Å². The summed E-state index contributed by atoms with van der Waals surface area (Å²) in [7, 11) is 0. The van der Waals surface area contributed by atoms with Crippen LogP contribution in [0.4, 0.5) is 0 Å². The number of imidazole rings is 1. The Bertz CT molecular complexity index is 509. The molecule has 2 N–H and O–H groups in total. The van der Waals surface area contributed by atoms with Gasteiger partial charge in [-0.3, -0.25) is 0 Å². The third-order valence-electron chi connectivity index (χ3n) is 3.13. The van der Waals surface area contributed by atoms with Gasteiger partial charge in [-0.2, -0.15) is 0 Å². The van der Waals surface area contributed by atoms with Crippen molar-refractivity contribution in [1.82, 2.24) is 9.38 Å². The van der Waals surface area contributed by atoms with Crippen LogP contribution in [0.3, 0.4) is 0 Å². The van der Waals surface area contributed by atoms with Crippen LogP contribution >= 0.6 is 0 Å². The Morgan fingerprint density at radius 1 is 1.50 bits per heavy atom. The van der Waals surface area contributed by atoms with Crippen LogP contribution in [0.2, 0.25) is 0 Å². The monoisotopic (exact) mass is 215 g/mol. The average Bonchev–Trinajstić information content (AvgIpc) is 2.98. The molecule has 0 aromatic carbocycles. The lowest BCUT2D eigenvalue weighted by molar-refractivity contribution is 0.705. The second-order valence-electron chi connectivity index (χ2n) is 4.85. The van der Waals surface area contributed by atoms with E-state index in [1.807, 2.05) is 13.1 Å². The van der Waals surface area contributed by atoms with Crippen LogP contribution in [-0.2, 0) is 6.42 Å². The van der Waals surface area contributed by atoms with Crippen molar-refractivity contribution in [3.63, 3.8) is 0 Å². The molecule has 1 unspecified atom stereocenters. The first kappa shape index (κ1) is 9.85. The molecule has 1 atom stereocenters. The molecule has 1 saturated carbocycles. The Labute approximate surface area is 95.3 Å². The number of aromatic nitrogens is 2. The molecule has 3 nitrogen and oxygen atoms in total. The molecule has 0 aliphatic heterocycles. The van der Waals surface area contributed by atoms with E-state index in [9.17, 15) is 0 Å². The van der Waals surface area contributed by atoms with Gasteiger partial charge in [-0.1, -0.05) is 6.07 Å². The standard InChI is InChI=1S/C13H17N3/c1-9(14)7-11-3-2-4-12-8-15-13(16(11)12)10-5-6-10/h2-4,8-10H,5-7,14H2,1H3. The molecule has 0 saturated heterocycles. The van der Waals surface area contributed by atoms with Gasteiger partial charge in [0.25, 0.3) is 0 Å². The first-order valence-corrected chi connectivity index (χ1v) is 5.96. The number of fused-ring (bicyclic) bond motifs is 1. The summed E-state index contributed by atoms with van der Waals surface area (Å²) in [6.45, 7) is 2.05. The summed E-state index contributed by atoms with van der Waals surface area (Å²) in [5, 5.41) is 0. The minimum Gasteiger partial charge on any atom is -0.328 e.